The van der Waals surface area contributed by atoms with Crippen LogP contribution in [0.4, 0.5) is 5.69 Å². The molecule has 0 fully saturated rings. The average Bonchev–Trinajstić information content (AvgIpc) is 2.28. The van der Waals surface area contributed by atoms with Crippen LogP contribution in [0.15, 0.2) is 30.5 Å². The zero-order valence-corrected chi connectivity index (χ0v) is 10.3. The van der Waals surface area contributed by atoms with Gasteiger partial charge in [-0.1, -0.05) is 12.1 Å². The van der Waals surface area contributed by atoms with Crippen molar-refractivity contribution in [1.29, 1.82) is 0 Å². The number of hydrogen-bond acceptors (Lipinski definition) is 3. The van der Waals surface area contributed by atoms with Crippen molar-refractivity contribution in [3.63, 3.8) is 0 Å². The topological polar surface area (TPSA) is 42.0 Å². The molecule has 0 amide bonds. The zero-order chi connectivity index (χ0) is 12.4. The van der Waals surface area contributed by atoms with Crippen LogP contribution in [0.5, 0.6) is 0 Å². The van der Waals surface area contributed by atoms with Gasteiger partial charge in [0.25, 0.3) is 0 Å². The molecule has 1 aromatic heterocycles. The summed E-state index contributed by atoms with van der Waals surface area (Å²) in [5.74, 6) is 0.0432. The number of Topliss-reactive ketones (excluding diaryl/α,β-unsaturated/α-hetero) is 1. The highest BCUT2D eigenvalue weighted by molar-refractivity contribution is 5.99. The molecule has 0 unspecified atom stereocenters. The molecule has 2 rings (SSSR count). The van der Waals surface area contributed by atoms with Gasteiger partial charge in [-0.15, -0.1) is 0 Å². The maximum atomic E-state index is 11.3. The lowest BCUT2D eigenvalue weighted by Gasteiger charge is -2.12. The van der Waals surface area contributed by atoms with Crippen molar-refractivity contribution in [2.24, 2.45) is 0 Å². The van der Waals surface area contributed by atoms with E-state index in [1.807, 2.05) is 24.3 Å². The summed E-state index contributed by atoms with van der Waals surface area (Å²) >= 11 is 0. The largest absolute Gasteiger partial charge is 0.381 e. The predicted octanol–water partition coefficient (Wildman–Crippen LogP) is 3.26. The van der Waals surface area contributed by atoms with Crippen LogP contribution in [0, 0.1) is 0 Å². The summed E-state index contributed by atoms with van der Waals surface area (Å²) in [6.07, 6.45) is 1.64. The molecule has 0 bridgehead atoms. The Hall–Kier alpha value is -1.90. The average molecular weight is 228 g/mol. The van der Waals surface area contributed by atoms with Crippen LogP contribution in [-0.2, 0) is 0 Å². The number of nitrogens with zero attached hydrogens (tertiary/aromatic N) is 1. The maximum absolute atomic E-state index is 11.3. The molecule has 0 atom stereocenters. The number of hydrogen-bond donors (Lipinski definition) is 1. The predicted molar refractivity (Wildman–Crippen MR) is 70.5 cm³/mol. The third kappa shape index (κ3) is 2.44. The van der Waals surface area contributed by atoms with Gasteiger partial charge < -0.3 is 5.32 Å². The van der Waals surface area contributed by atoms with Crippen molar-refractivity contribution >= 4 is 22.4 Å². The molecule has 0 saturated heterocycles. The molecule has 3 heteroatoms. The molecule has 0 spiro atoms. The normalized spacial score (nSPS) is 10.8. The number of carbonyl (C=O) groups excluding carboxylic acids is 1. The zero-order valence-electron chi connectivity index (χ0n) is 10.3. The highest BCUT2D eigenvalue weighted by atomic mass is 16.1. The monoisotopic (exact) mass is 228 g/mol. The molecule has 88 valence electrons. The fourth-order valence-corrected chi connectivity index (χ4v) is 1.78. The number of nitrogens with one attached hydrogen (secondary N) is 1. The number of para-hydroxylation sites is 1. The van der Waals surface area contributed by atoms with Crippen LogP contribution >= 0.6 is 0 Å². The van der Waals surface area contributed by atoms with Crippen LogP contribution < -0.4 is 5.32 Å². The summed E-state index contributed by atoms with van der Waals surface area (Å²) in [4.78, 5) is 15.7. The highest BCUT2D eigenvalue weighted by Gasteiger charge is 2.06. The lowest BCUT2D eigenvalue weighted by molar-refractivity contribution is 0.101. The molecule has 0 aliphatic heterocycles. The molecule has 17 heavy (non-hydrogen) atoms. The van der Waals surface area contributed by atoms with Crippen molar-refractivity contribution in [2.45, 2.75) is 26.8 Å². The summed E-state index contributed by atoms with van der Waals surface area (Å²) in [7, 11) is 0. The molecule has 0 radical (unpaired) electrons. The van der Waals surface area contributed by atoms with Crippen molar-refractivity contribution < 1.29 is 4.79 Å². The second kappa shape index (κ2) is 4.53. The molecule has 1 heterocycles. The van der Waals surface area contributed by atoms with Gasteiger partial charge in [0.15, 0.2) is 5.78 Å². The van der Waals surface area contributed by atoms with Gasteiger partial charge in [0.2, 0.25) is 0 Å². The summed E-state index contributed by atoms with van der Waals surface area (Å²) in [6.45, 7) is 5.73. The minimum atomic E-state index is 0.0432. The lowest BCUT2D eigenvalue weighted by Crippen LogP contribution is -2.10. The number of aromatic nitrogens is 1. The second-order valence-electron chi connectivity index (χ2n) is 4.46. The van der Waals surface area contributed by atoms with Crippen molar-refractivity contribution in [2.75, 3.05) is 5.32 Å². The highest BCUT2D eigenvalue weighted by Crippen LogP contribution is 2.22. The Labute approximate surface area is 101 Å². The van der Waals surface area contributed by atoms with E-state index in [0.29, 0.717) is 11.6 Å². The molecule has 2 aromatic rings. The van der Waals surface area contributed by atoms with Crippen LogP contribution in [0.3, 0.4) is 0 Å². The Morgan fingerprint density at radius 2 is 2.12 bits per heavy atom. The third-order valence-corrected chi connectivity index (χ3v) is 2.56. The first-order valence-electron chi connectivity index (χ1n) is 5.74. The minimum absolute atomic E-state index is 0.0432. The first-order chi connectivity index (χ1) is 8.08. The Morgan fingerprint density at radius 1 is 1.35 bits per heavy atom. The fraction of sp³-hybridized carbons (Fsp3) is 0.286. The van der Waals surface area contributed by atoms with Gasteiger partial charge in [0, 0.05) is 23.2 Å². The first kappa shape index (κ1) is 11.6. The molecule has 1 N–H and O–H groups in total. The Morgan fingerprint density at radius 3 is 2.76 bits per heavy atom. The molecule has 3 nitrogen and oxygen atoms in total. The van der Waals surface area contributed by atoms with Crippen LogP contribution in [-0.4, -0.2) is 16.8 Å². The molecular formula is C14H16N2O. The number of anilines is 1. The number of carbonyl (C=O) groups is 1. The fourth-order valence-electron chi connectivity index (χ4n) is 1.78. The number of fused-ring (bicyclic) bond motifs is 1. The Bertz CT molecular complexity index is 561. The van der Waals surface area contributed by atoms with Crippen LogP contribution in [0.2, 0.25) is 0 Å². The number of benzene rings is 1. The molecular weight excluding hydrogens is 212 g/mol. The van der Waals surface area contributed by atoms with E-state index >= 15 is 0 Å². The SMILES string of the molecule is CC(=O)c1cnc2c(NC(C)C)cccc2c1. The van der Waals surface area contributed by atoms with Gasteiger partial charge in [-0.05, 0) is 32.9 Å². The van der Waals surface area contributed by atoms with Gasteiger partial charge in [-0.3, -0.25) is 9.78 Å². The summed E-state index contributed by atoms with van der Waals surface area (Å²) in [5.41, 5.74) is 2.57. The van der Waals surface area contributed by atoms with Gasteiger partial charge >= 0.3 is 0 Å². The van der Waals surface area contributed by atoms with Crippen LogP contribution in [0.25, 0.3) is 10.9 Å². The summed E-state index contributed by atoms with van der Waals surface area (Å²) in [6, 6.07) is 8.19. The van der Waals surface area contributed by atoms with Gasteiger partial charge in [-0.2, -0.15) is 0 Å². The number of pyridine rings is 1. The van der Waals surface area contributed by atoms with E-state index in [0.717, 1.165) is 16.6 Å². The lowest BCUT2D eigenvalue weighted by atomic mass is 10.1. The minimum Gasteiger partial charge on any atom is -0.381 e. The van der Waals surface area contributed by atoms with E-state index in [2.05, 4.69) is 24.1 Å². The van der Waals surface area contributed by atoms with Crippen molar-refractivity contribution in [1.82, 2.24) is 4.98 Å². The standard InChI is InChI=1S/C14H16N2O/c1-9(2)16-13-6-4-5-11-7-12(10(3)17)8-15-14(11)13/h4-9,16H,1-3H3. The third-order valence-electron chi connectivity index (χ3n) is 2.56. The second-order valence-corrected chi connectivity index (χ2v) is 4.46. The quantitative estimate of drug-likeness (QED) is 0.820. The van der Waals surface area contributed by atoms with Crippen molar-refractivity contribution in [3.8, 4) is 0 Å². The van der Waals surface area contributed by atoms with Crippen molar-refractivity contribution in [3.05, 3.63) is 36.0 Å². The van der Waals surface area contributed by atoms with E-state index in [4.69, 9.17) is 0 Å². The summed E-state index contributed by atoms with van der Waals surface area (Å²) < 4.78 is 0. The Kier molecular flexibility index (Phi) is 3.09. The number of ketones is 1. The van der Waals surface area contributed by atoms with Gasteiger partial charge in [0.05, 0.1) is 11.2 Å². The van der Waals surface area contributed by atoms with E-state index in [1.165, 1.54) is 0 Å². The number of rotatable bonds is 3. The molecule has 0 aliphatic rings. The van der Waals surface area contributed by atoms with E-state index in [-0.39, 0.29) is 5.78 Å². The molecule has 0 aliphatic carbocycles. The summed E-state index contributed by atoms with van der Waals surface area (Å²) in [5, 5.41) is 4.34. The van der Waals surface area contributed by atoms with E-state index < -0.39 is 0 Å². The maximum Gasteiger partial charge on any atom is 0.161 e. The first-order valence-corrected chi connectivity index (χ1v) is 5.74. The molecule has 0 saturated carbocycles. The van der Waals surface area contributed by atoms with E-state index in [1.54, 1.807) is 13.1 Å². The smallest absolute Gasteiger partial charge is 0.161 e. The van der Waals surface area contributed by atoms with E-state index in [9.17, 15) is 4.79 Å². The molecule has 1 aromatic carbocycles. The van der Waals surface area contributed by atoms with Gasteiger partial charge in [0.1, 0.15) is 0 Å². The van der Waals surface area contributed by atoms with Crippen LogP contribution in [0.1, 0.15) is 31.1 Å². The van der Waals surface area contributed by atoms with Gasteiger partial charge in [-0.25, -0.2) is 0 Å². The Balaban J connectivity index is 2.54.